The summed E-state index contributed by atoms with van der Waals surface area (Å²) in [4.78, 5) is 18.6. The maximum absolute atomic E-state index is 11.5. The van der Waals surface area contributed by atoms with Crippen molar-refractivity contribution in [2.75, 3.05) is 7.11 Å². The van der Waals surface area contributed by atoms with Crippen molar-refractivity contribution in [2.24, 2.45) is 0 Å². The standard InChI is InChI=1S/C15H10N2O2S2/c1-19-14(18)13-8-17-7-10(16-15(17)21-13)12-6-9-4-2-3-5-11(9)20-12/h2-8H,1H3. The van der Waals surface area contributed by atoms with Gasteiger partial charge in [0.2, 0.25) is 0 Å². The average Bonchev–Trinajstić information content (AvgIpc) is 3.17. The van der Waals surface area contributed by atoms with Crippen molar-refractivity contribution in [3.8, 4) is 10.6 Å². The first-order valence-corrected chi connectivity index (χ1v) is 7.94. The van der Waals surface area contributed by atoms with E-state index in [1.165, 1.54) is 28.5 Å². The molecule has 0 aliphatic heterocycles. The molecule has 4 rings (SSSR count). The highest BCUT2D eigenvalue weighted by Gasteiger charge is 2.14. The van der Waals surface area contributed by atoms with Crippen LogP contribution in [0.5, 0.6) is 0 Å². The molecule has 6 heteroatoms. The van der Waals surface area contributed by atoms with Gasteiger partial charge in [-0.15, -0.1) is 11.3 Å². The van der Waals surface area contributed by atoms with E-state index in [0.717, 1.165) is 15.5 Å². The van der Waals surface area contributed by atoms with Crippen LogP contribution >= 0.6 is 22.7 Å². The summed E-state index contributed by atoms with van der Waals surface area (Å²) >= 11 is 3.06. The minimum Gasteiger partial charge on any atom is -0.465 e. The SMILES string of the molecule is COC(=O)c1cn2cc(-c3cc4ccccc4s3)nc2s1. The molecule has 1 aromatic carbocycles. The Bertz CT molecular complexity index is 900. The van der Waals surface area contributed by atoms with Gasteiger partial charge in [0.05, 0.1) is 12.0 Å². The molecule has 0 fully saturated rings. The van der Waals surface area contributed by atoms with Gasteiger partial charge >= 0.3 is 5.97 Å². The fourth-order valence-corrected chi connectivity index (χ4v) is 4.12. The van der Waals surface area contributed by atoms with E-state index in [2.05, 4.69) is 23.2 Å². The topological polar surface area (TPSA) is 43.6 Å². The number of nitrogens with zero attached hydrogens (tertiary/aromatic N) is 2. The molecular weight excluding hydrogens is 304 g/mol. The first kappa shape index (κ1) is 12.6. The molecular formula is C15H10N2O2S2. The van der Waals surface area contributed by atoms with Gasteiger partial charge in [-0.1, -0.05) is 29.5 Å². The lowest BCUT2D eigenvalue weighted by molar-refractivity contribution is 0.0606. The van der Waals surface area contributed by atoms with Gasteiger partial charge in [0.25, 0.3) is 0 Å². The number of hydrogen-bond donors (Lipinski definition) is 0. The monoisotopic (exact) mass is 314 g/mol. The molecule has 0 aliphatic carbocycles. The molecule has 3 aromatic heterocycles. The van der Waals surface area contributed by atoms with Gasteiger partial charge in [0.15, 0.2) is 4.96 Å². The molecule has 0 atom stereocenters. The van der Waals surface area contributed by atoms with E-state index < -0.39 is 0 Å². The number of imidazole rings is 1. The van der Waals surface area contributed by atoms with Crippen molar-refractivity contribution in [1.82, 2.24) is 9.38 Å². The maximum Gasteiger partial charge on any atom is 0.349 e. The lowest BCUT2D eigenvalue weighted by atomic mass is 10.2. The summed E-state index contributed by atoms with van der Waals surface area (Å²) in [6.07, 6.45) is 3.71. The molecule has 0 saturated carbocycles. The summed E-state index contributed by atoms with van der Waals surface area (Å²) in [6.45, 7) is 0. The number of thiazole rings is 1. The molecule has 0 saturated heterocycles. The first-order valence-electron chi connectivity index (χ1n) is 6.30. The Morgan fingerprint density at radius 2 is 2.10 bits per heavy atom. The number of fused-ring (bicyclic) bond motifs is 2. The predicted molar refractivity (Wildman–Crippen MR) is 85.2 cm³/mol. The van der Waals surface area contributed by atoms with E-state index in [4.69, 9.17) is 4.74 Å². The van der Waals surface area contributed by atoms with Gasteiger partial charge in [-0.05, 0) is 17.5 Å². The number of ether oxygens (including phenoxy) is 1. The van der Waals surface area contributed by atoms with E-state index in [-0.39, 0.29) is 5.97 Å². The van der Waals surface area contributed by atoms with Crippen molar-refractivity contribution >= 4 is 43.7 Å². The third-order valence-corrected chi connectivity index (χ3v) is 5.34. The Labute approximate surface area is 128 Å². The highest BCUT2D eigenvalue weighted by molar-refractivity contribution is 7.22. The second-order valence-corrected chi connectivity index (χ2v) is 6.64. The largest absolute Gasteiger partial charge is 0.465 e. The molecule has 0 aliphatic rings. The van der Waals surface area contributed by atoms with Gasteiger partial charge in [-0.2, -0.15) is 0 Å². The Morgan fingerprint density at radius 1 is 1.24 bits per heavy atom. The zero-order valence-electron chi connectivity index (χ0n) is 11.1. The Morgan fingerprint density at radius 3 is 2.86 bits per heavy atom. The molecule has 104 valence electrons. The number of aromatic nitrogens is 2. The first-order chi connectivity index (χ1) is 10.2. The molecule has 3 heterocycles. The van der Waals surface area contributed by atoms with E-state index in [9.17, 15) is 4.79 Å². The van der Waals surface area contributed by atoms with E-state index in [0.29, 0.717) is 4.88 Å². The van der Waals surface area contributed by atoms with Crippen LogP contribution in [0.15, 0.2) is 42.7 Å². The Balaban J connectivity index is 1.79. The van der Waals surface area contributed by atoms with Crippen molar-refractivity contribution < 1.29 is 9.53 Å². The third kappa shape index (κ3) is 2.03. The Hall–Kier alpha value is -2.18. The summed E-state index contributed by atoms with van der Waals surface area (Å²) in [5.74, 6) is -0.325. The highest BCUT2D eigenvalue weighted by atomic mass is 32.1. The minimum absolute atomic E-state index is 0.325. The molecule has 0 N–H and O–H groups in total. The van der Waals surface area contributed by atoms with E-state index in [1.54, 1.807) is 17.5 Å². The highest BCUT2D eigenvalue weighted by Crippen LogP contribution is 2.33. The number of benzene rings is 1. The number of hydrogen-bond acceptors (Lipinski definition) is 5. The van der Waals surface area contributed by atoms with Crippen LogP contribution in [0.4, 0.5) is 0 Å². The van der Waals surface area contributed by atoms with Crippen LogP contribution in [0.1, 0.15) is 9.67 Å². The van der Waals surface area contributed by atoms with Crippen LogP contribution in [0.25, 0.3) is 25.6 Å². The summed E-state index contributed by atoms with van der Waals surface area (Å²) in [5, 5.41) is 1.23. The summed E-state index contributed by atoms with van der Waals surface area (Å²) in [6, 6.07) is 10.4. The molecule has 0 spiro atoms. The number of thiophene rings is 1. The lowest BCUT2D eigenvalue weighted by Crippen LogP contribution is -1.97. The maximum atomic E-state index is 11.5. The quantitative estimate of drug-likeness (QED) is 0.524. The number of carbonyl (C=O) groups is 1. The molecule has 4 nitrogen and oxygen atoms in total. The van der Waals surface area contributed by atoms with Crippen LogP contribution in [0.2, 0.25) is 0 Å². The van der Waals surface area contributed by atoms with Crippen LogP contribution < -0.4 is 0 Å². The van der Waals surface area contributed by atoms with Crippen LogP contribution in [-0.2, 0) is 4.74 Å². The number of rotatable bonds is 2. The van der Waals surface area contributed by atoms with Crippen LogP contribution in [0.3, 0.4) is 0 Å². The number of carbonyl (C=O) groups excluding carboxylic acids is 1. The summed E-state index contributed by atoms with van der Waals surface area (Å²) in [5.41, 5.74) is 0.930. The summed E-state index contributed by atoms with van der Waals surface area (Å²) in [7, 11) is 1.38. The van der Waals surface area contributed by atoms with Crippen LogP contribution in [-0.4, -0.2) is 22.5 Å². The second kappa shape index (κ2) is 4.68. The molecule has 4 aromatic rings. The zero-order chi connectivity index (χ0) is 14.4. The molecule has 0 unspecified atom stereocenters. The normalized spacial score (nSPS) is 11.3. The fraction of sp³-hybridized carbons (Fsp3) is 0.0667. The molecule has 0 amide bonds. The molecule has 0 radical (unpaired) electrons. The smallest absolute Gasteiger partial charge is 0.349 e. The van der Waals surface area contributed by atoms with Gasteiger partial charge in [0.1, 0.15) is 10.6 Å². The Kier molecular flexibility index (Phi) is 2.80. The van der Waals surface area contributed by atoms with Crippen molar-refractivity contribution in [1.29, 1.82) is 0 Å². The summed E-state index contributed by atoms with van der Waals surface area (Å²) < 4.78 is 7.84. The average molecular weight is 314 g/mol. The fourth-order valence-electron chi connectivity index (χ4n) is 2.22. The molecule has 21 heavy (non-hydrogen) atoms. The minimum atomic E-state index is -0.325. The van der Waals surface area contributed by atoms with Gasteiger partial charge in [0, 0.05) is 17.1 Å². The van der Waals surface area contributed by atoms with E-state index in [1.807, 2.05) is 22.7 Å². The van der Waals surface area contributed by atoms with Gasteiger partial charge in [-0.25, -0.2) is 9.78 Å². The van der Waals surface area contributed by atoms with Gasteiger partial charge in [-0.3, -0.25) is 4.40 Å². The third-order valence-electron chi connectivity index (χ3n) is 3.22. The lowest BCUT2D eigenvalue weighted by Gasteiger charge is -1.91. The number of esters is 1. The van der Waals surface area contributed by atoms with Crippen molar-refractivity contribution in [2.45, 2.75) is 0 Å². The molecule has 0 bridgehead atoms. The number of methoxy groups -OCH3 is 1. The van der Waals surface area contributed by atoms with Crippen molar-refractivity contribution in [3.63, 3.8) is 0 Å². The van der Waals surface area contributed by atoms with Gasteiger partial charge < -0.3 is 4.74 Å². The zero-order valence-corrected chi connectivity index (χ0v) is 12.7. The van der Waals surface area contributed by atoms with E-state index >= 15 is 0 Å². The van der Waals surface area contributed by atoms with Crippen molar-refractivity contribution in [3.05, 3.63) is 47.6 Å². The predicted octanol–water partition coefficient (Wildman–Crippen LogP) is 4.06. The second-order valence-electron chi connectivity index (χ2n) is 4.55. The van der Waals surface area contributed by atoms with Crippen LogP contribution in [0, 0.1) is 0 Å².